The van der Waals surface area contributed by atoms with Crippen molar-refractivity contribution in [2.75, 3.05) is 13.2 Å². The lowest BCUT2D eigenvalue weighted by Gasteiger charge is -2.34. The number of para-hydroxylation sites is 1. The van der Waals surface area contributed by atoms with Gasteiger partial charge in [0.15, 0.2) is 0 Å². The van der Waals surface area contributed by atoms with Crippen LogP contribution in [0.1, 0.15) is 12.0 Å². The Kier molecular flexibility index (Phi) is 5.06. The van der Waals surface area contributed by atoms with Crippen LogP contribution in [0.4, 0.5) is 13.2 Å². The molecule has 0 saturated heterocycles. The van der Waals surface area contributed by atoms with E-state index in [1.807, 2.05) is 0 Å². The first-order chi connectivity index (χ1) is 12.6. The summed E-state index contributed by atoms with van der Waals surface area (Å²) in [5, 5.41) is 10.9. The molecule has 0 radical (unpaired) electrons. The van der Waals surface area contributed by atoms with Crippen LogP contribution in [-0.4, -0.2) is 33.0 Å². The van der Waals surface area contributed by atoms with Crippen LogP contribution in [0.15, 0.2) is 53.4 Å². The quantitative estimate of drug-likeness (QED) is 0.802. The zero-order valence-electron chi connectivity index (χ0n) is 13.9. The second-order valence-electron chi connectivity index (χ2n) is 5.97. The van der Waals surface area contributed by atoms with Crippen LogP contribution in [-0.2, 0) is 15.6 Å². The summed E-state index contributed by atoms with van der Waals surface area (Å²) in [6.45, 7) is -0.0881. The third-order valence-electron chi connectivity index (χ3n) is 4.08. The van der Waals surface area contributed by atoms with E-state index < -0.39 is 27.7 Å². The Labute approximate surface area is 153 Å². The number of fused-ring (bicyclic) bond motifs is 1. The minimum absolute atomic E-state index is 0.185. The molecule has 3 rings (SSSR count). The van der Waals surface area contributed by atoms with Gasteiger partial charge < -0.3 is 14.6 Å². The van der Waals surface area contributed by atoms with Crippen LogP contribution in [0.2, 0.25) is 0 Å². The first-order valence-electron chi connectivity index (χ1n) is 7.89. The highest BCUT2D eigenvalue weighted by molar-refractivity contribution is 7.89. The van der Waals surface area contributed by atoms with Crippen LogP contribution in [0, 0.1) is 0 Å². The van der Waals surface area contributed by atoms with E-state index in [0.29, 0.717) is 11.3 Å². The molecule has 6 nitrogen and oxygen atoms in total. The van der Waals surface area contributed by atoms with Crippen molar-refractivity contribution in [3.63, 3.8) is 0 Å². The van der Waals surface area contributed by atoms with Crippen molar-refractivity contribution < 1.29 is 36.2 Å². The number of alkyl halides is 3. The predicted octanol–water partition coefficient (Wildman–Crippen LogP) is 2.53. The summed E-state index contributed by atoms with van der Waals surface area (Å²) in [5.74, 6) is -0.0578. The van der Waals surface area contributed by atoms with Gasteiger partial charge in [-0.3, -0.25) is 0 Å². The van der Waals surface area contributed by atoms with Crippen molar-refractivity contribution in [3.8, 4) is 11.5 Å². The molecule has 1 atom stereocenters. The van der Waals surface area contributed by atoms with Gasteiger partial charge in [0.05, 0.1) is 11.5 Å². The monoisotopic (exact) mass is 403 g/mol. The molecule has 2 N–H and O–H groups in total. The molecule has 1 aliphatic heterocycles. The number of halogens is 3. The highest BCUT2D eigenvalue weighted by atomic mass is 32.2. The van der Waals surface area contributed by atoms with E-state index in [0.717, 1.165) is 24.3 Å². The molecule has 0 saturated carbocycles. The van der Waals surface area contributed by atoms with Crippen LogP contribution >= 0.6 is 0 Å². The fraction of sp³-hybridized carbons (Fsp3) is 0.294. The maximum atomic E-state index is 12.4. The fourth-order valence-corrected chi connectivity index (χ4v) is 3.83. The molecule has 0 amide bonds. The van der Waals surface area contributed by atoms with Gasteiger partial charge in [-0.25, -0.2) is 13.1 Å². The molecule has 2 aromatic rings. The average molecular weight is 403 g/mol. The molecule has 0 aliphatic carbocycles. The minimum Gasteiger partial charge on any atom is -0.493 e. The lowest BCUT2D eigenvalue weighted by Crippen LogP contribution is -2.43. The third-order valence-corrected chi connectivity index (χ3v) is 5.50. The second kappa shape index (κ2) is 7.02. The van der Waals surface area contributed by atoms with Crippen molar-refractivity contribution in [3.05, 3.63) is 54.1 Å². The van der Waals surface area contributed by atoms with E-state index in [2.05, 4.69) is 9.46 Å². The summed E-state index contributed by atoms with van der Waals surface area (Å²) >= 11 is 0. The highest BCUT2D eigenvalue weighted by Gasteiger charge is 2.37. The van der Waals surface area contributed by atoms with Crippen molar-refractivity contribution in [1.82, 2.24) is 4.72 Å². The van der Waals surface area contributed by atoms with E-state index in [1.165, 1.54) is 0 Å². The first-order valence-corrected chi connectivity index (χ1v) is 9.38. The molecular weight excluding hydrogens is 387 g/mol. The van der Waals surface area contributed by atoms with Gasteiger partial charge in [0, 0.05) is 18.5 Å². The molecule has 146 valence electrons. The normalized spacial score (nSPS) is 19.9. The number of nitrogens with one attached hydrogen (secondary N) is 1. The van der Waals surface area contributed by atoms with Gasteiger partial charge in [0.25, 0.3) is 0 Å². The second-order valence-corrected chi connectivity index (χ2v) is 7.74. The maximum absolute atomic E-state index is 12.4. The Morgan fingerprint density at radius 1 is 1.15 bits per heavy atom. The summed E-state index contributed by atoms with van der Waals surface area (Å²) in [7, 11) is -4.05. The summed E-state index contributed by atoms with van der Waals surface area (Å²) < 4.78 is 72.8. The standard InChI is InChI=1S/C17H16F3NO5S/c18-17(19,20)26-12-5-7-13(8-6-12)27(23,24)21-11-16(22)9-10-25-15-4-2-1-3-14(15)16/h1-8,21-22H,9-11H2/t16-/m0/s1. The largest absolute Gasteiger partial charge is 0.573 e. The van der Waals surface area contributed by atoms with Crippen molar-refractivity contribution in [1.29, 1.82) is 0 Å². The van der Waals surface area contributed by atoms with E-state index in [1.54, 1.807) is 24.3 Å². The lowest BCUT2D eigenvalue weighted by atomic mass is 9.88. The van der Waals surface area contributed by atoms with Gasteiger partial charge >= 0.3 is 6.36 Å². The first kappa shape index (κ1) is 19.5. The third kappa shape index (κ3) is 4.52. The van der Waals surface area contributed by atoms with Crippen molar-refractivity contribution in [2.24, 2.45) is 0 Å². The minimum atomic E-state index is -4.86. The summed E-state index contributed by atoms with van der Waals surface area (Å²) in [6, 6.07) is 10.5. The molecule has 1 aliphatic rings. The fourth-order valence-electron chi connectivity index (χ4n) is 2.74. The Bertz CT molecular complexity index is 915. The average Bonchev–Trinajstić information content (AvgIpc) is 2.60. The summed E-state index contributed by atoms with van der Waals surface area (Å²) in [4.78, 5) is -0.249. The van der Waals surface area contributed by atoms with Crippen molar-refractivity contribution in [2.45, 2.75) is 23.3 Å². The van der Waals surface area contributed by atoms with E-state index in [4.69, 9.17) is 4.74 Å². The smallest absolute Gasteiger partial charge is 0.493 e. The number of benzene rings is 2. The number of aliphatic hydroxyl groups is 1. The van der Waals surface area contributed by atoms with Crippen LogP contribution < -0.4 is 14.2 Å². The Morgan fingerprint density at radius 2 is 1.81 bits per heavy atom. The van der Waals surface area contributed by atoms with Crippen LogP contribution in [0.3, 0.4) is 0 Å². The topological polar surface area (TPSA) is 84.9 Å². The molecule has 0 unspecified atom stereocenters. The van der Waals surface area contributed by atoms with Crippen molar-refractivity contribution >= 4 is 10.0 Å². The maximum Gasteiger partial charge on any atom is 0.573 e. The molecule has 2 aromatic carbocycles. The Morgan fingerprint density at radius 3 is 2.48 bits per heavy atom. The van der Waals surface area contributed by atoms with Gasteiger partial charge in [-0.2, -0.15) is 0 Å². The SMILES string of the molecule is O=S(=O)(NC[C@@]1(O)CCOc2ccccc21)c1ccc(OC(F)(F)F)cc1. The van der Waals surface area contributed by atoms with Gasteiger partial charge in [-0.05, 0) is 30.3 Å². The molecule has 27 heavy (non-hydrogen) atoms. The molecule has 0 fully saturated rings. The van der Waals surface area contributed by atoms with Gasteiger partial charge in [-0.15, -0.1) is 13.2 Å². The van der Waals surface area contributed by atoms with E-state index in [9.17, 15) is 26.7 Å². The summed E-state index contributed by atoms with van der Waals surface area (Å²) in [6.07, 6.45) is -4.68. The van der Waals surface area contributed by atoms with E-state index in [-0.39, 0.29) is 24.5 Å². The van der Waals surface area contributed by atoms with Crippen LogP contribution in [0.25, 0.3) is 0 Å². The highest BCUT2D eigenvalue weighted by Crippen LogP contribution is 2.36. The predicted molar refractivity (Wildman–Crippen MR) is 88.8 cm³/mol. The molecule has 10 heteroatoms. The number of hydrogen-bond donors (Lipinski definition) is 2. The zero-order valence-corrected chi connectivity index (χ0v) is 14.7. The Balaban J connectivity index is 1.74. The van der Waals surface area contributed by atoms with Gasteiger partial charge in [-0.1, -0.05) is 18.2 Å². The molecule has 0 bridgehead atoms. The van der Waals surface area contributed by atoms with Crippen LogP contribution in [0.5, 0.6) is 11.5 Å². The van der Waals surface area contributed by atoms with Gasteiger partial charge in [0.1, 0.15) is 17.1 Å². The number of hydrogen-bond acceptors (Lipinski definition) is 5. The molecule has 0 aromatic heterocycles. The van der Waals surface area contributed by atoms with E-state index >= 15 is 0 Å². The number of sulfonamides is 1. The summed E-state index contributed by atoms with van der Waals surface area (Å²) in [5.41, 5.74) is -0.991. The molecule has 0 spiro atoms. The molecule has 1 heterocycles. The Hall–Kier alpha value is -2.30. The number of ether oxygens (including phenoxy) is 2. The lowest BCUT2D eigenvalue weighted by molar-refractivity contribution is -0.274. The van der Waals surface area contributed by atoms with Gasteiger partial charge in [0.2, 0.25) is 10.0 Å². The number of rotatable bonds is 5. The zero-order chi connectivity index (χ0) is 19.7. The molecular formula is C17H16F3NO5S.